The number of nitrogens with zero attached hydrogens (tertiary/aromatic N) is 2. The first-order valence-corrected chi connectivity index (χ1v) is 7.53. The van der Waals surface area contributed by atoms with Gasteiger partial charge in [0.05, 0.1) is 11.0 Å². The first kappa shape index (κ1) is 13.9. The zero-order valence-electron chi connectivity index (χ0n) is 11.8. The van der Waals surface area contributed by atoms with E-state index in [1.807, 2.05) is 32.0 Å². The van der Waals surface area contributed by atoms with Crippen molar-refractivity contribution >= 4 is 22.6 Å². The number of rotatable bonds is 6. The lowest BCUT2D eigenvalue weighted by molar-refractivity contribution is -0.146. The molecule has 0 bridgehead atoms. The Bertz CT molecular complexity index is 601. The summed E-state index contributed by atoms with van der Waals surface area (Å²) in [4.78, 5) is 4.71. The van der Waals surface area contributed by atoms with Crippen LogP contribution in [0.2, 0.25) is 5.02 Å². The number of ether oxygens (including phenoxy) is 2. The molecule has 0 atom stereocenters. The van der Waals surface area contributed by atoms with Crippen LogP contribution in [0, 0.1) is 0 Å². The summed E-state index contributed by atoms with van der Waals surface area (Å²) in [6.45, 7) is 5.12. The summed E-state index contributed by atoms with van der Waals surface area (Å²) in [5.74, 6) is 0.855. The number of hydrogen-bond donors (Lipinski definition) is 0. The molecule has 0 amide bonds. The van der Waals surface area contributed by atoms with E-state index in [1.165, 1.54) is 12.8 Å². The van der Waals surface area contributed by atoms with Gasteiger partial charge in [0, 0.05) is 24.3 Å². The van der Waals surface area contributed by atoms with Crippen molar-refractivity contribution in [1.82, 2.24) is 9.55 Å². The van der Waals surface area contributed by atoms with Gasteiger partial charge in [-0.25, -0.2) is 4.98 Å². The zero-order valence-corrected chi connectivity index (χ0v) is 12.6. The van der Waals surface area contributed by atoms with Crippen molar-refractivity contribution < 1.29 is 9.47 Å². The van der Waals surface area contributed by atoms with Gasteiger partial charge >= 0.3 is 0 Å². The summed E-state index contributed by atoms with van der Waals surface area (Å²) in [5, 5.41) is 0.732. The predicted octanol–water partition coefficient (Wildman–Crippen LogP) is 4.10. The van der Waals surface area contributed by atoms with Gasteiger partial charge in [0.2, 0.25) is 6.29 Å². The molecule has 1 aromatic heterocycles. The van der Waals surface area contributed by atoms with Gasteiger partial charge in [0.15, 0.2) is 5.82 Å². The molecule has 1 aliphatic carbocycles. The van der Waals surface area contributed by atoms with Gasteiger partial charge in [-0.05, 0) is 44.9 Å². The highest BCUT2D eigenvalue weighted by atomic mass is 35.5. The maximum atomic E-state index is 6.12. The van der Waals surface area contributed by atoms with Crippen molar-refractivity contribution in [2.45, 2.75) is 39.0 Å². The Balaban J connectivity index is 2.10. The van der Waals surface area contributed by atoms with E-state index in [2.05, 4.69) is 4.57 Å². The summed E-state index contributed by atoms with van der Waals surface area (Å²) in [6.07, 6.45) is 1.95. The molecule has 4 nitrogen and oxygen atoms in total. The summed E-state index contributed by atoms with van der Waals surface area (Å²) in [6, 6.07) is 6.29. The number of benzene rings is 1. The third-order valence-corrected chi connectivity index (χ3v) is 3.67. The molecular formula is C15H19ClN2O2. The van der Waals surface area contributed by atoms with E-state index in [0.717, 1.165) is 21.9 Å². The topological polar surface area (TPSA) is 36.3 Å². The van der Waals surface area contributed by atoms with Crippen LogP contribution in [0.15, 0.2) is 18.2 Å². The fourth-order valence-electron chi connectivity index (χ4n) is 2.47. The van der Waals surface area contributed by atoms with Crippen LogP contribution < -0.4 is 0 Å². The van der Waals surface area contributed by atoms with Gasteiger partial charge in [-0.3, -0.25) is 0 Å². The van der Waals surface area contributed by atoms with Crippen LogP contribution in [0.5, 0.6) is 0 Å². The van der Waals surface area contributed by atoms with Crippen LogP contribution in [-0.2, 0) is 9.47 Å². The molecule has 0 unspecified atom stereocenters. The van der Waals surface area contributed by atoms with E-state index in [4.69, 9.17) is 26.1 Å². The molecule has 5 heteroatoms. The number of imidazole rings is 1. The molecule has 1 aliphatic rings. The lowest BCUT2D eigenvalue weighted by Crippen LogP contribution is -2.15. The third-order valence-electron chi connectivity index (χ3n) is 3.44. The third kappa shape index (κ3) is 2.55. The largest absolute Gasteiger partial charge is 0.346 e. The molecule has 1 saturated carbocycles. The maximum absolute atomic E-state index is 6.12. The monoisotopic (exact) mass is 294 g/mol. The van der Waals surface area contributed by atoms with Crippen molar-refractivity contribution in [3.8, 4) is 0 Å². The van der Waals surface area contributed by atoms with Gasteiger partial charge < -0.3 is 14.0 Å². The van der Waals surface area contributed by atoms with Crippen LogP contribution in [0.3, 0.4) is 0 Å². The Morgan fingerprint density at radius 2 is 2.00 bits per heavy atom. The molecule has 1 aromatic carbocycles. The molecule has 0 N–H and O–H groups in total. The van der Waals surface area contributed by atoms with E-state index in [1.54, 1.807) is 0 Å². The van der Waals surface area contributed by atoms with E-state index in [-0.39, 0.29) is 0 Å². The Hall–Kier alpha value is -1.10. The first-order valence-electron chi connectivity index (χ1n) is 7.15. The minimum atomic E-state index is -0.406. The summed E-state index contributed by atoms with van der Waals surface area (Å²) >= 11 is 6.12. The SMILES string of the molecule is CCOC(OCC)c1nc2ccc(Cl)cc2n1C1CC1. The van der Waals surface area contributed by atoms with Gasteiger partial charge in [-0.1, -0.05) is 11.6 Å². The molecule has 108 valence electrons. The predicted molar refractivity (Wildman–Crippen MR) is 79.0 cm³/mol. The van der Waals surface area contributed by atoms with Crippen molar-refractivity contribution in [2.75, 3.05) is 13.2 Å². The summed E-state index contributed by atoms with van der Waals surface area (Å²) in [7, 11) is 0. The fourth-order valence-corrected chi connectivity index (χ4v) is 2.63. The quantitative estimate of drug-likeness (QED) is 0.753. The van der Waals surface area contributed by atoms with Crippen LogP contribution in [-0.4, -0.2) is 22.8 Å². The standard InChI is InChI=1S/C15H19ClN2O2/c1-3-19-15(20-4-2)14-17-12-8-5-10(16)9-13(12)18(14)11-6-7-11/h5,8-9,11,15H,3-4,6-7H2,1-2H3. The maximum Gasteiger partial charge on any atom is 0.217 e. The number of hydrogen-bond acceptors (Lipinski definition) is 3. The van der Waals surface area contributed by atoms with Crippen molar-refractivity contribution in [2.24, 2.45) is 0 Å². The minimum absolute atomic E-state index is 0.406. The second-order valence-corrected chi connectivity index (χ2v) is 5.38. The highest BCUT2D eigenvalue weighted by molar-refractivity contribution is 6.31. The first-order chi connectivity index (χ1) is 9.74. The molecular weight excluding hydrogens is 276 g/mol. The van der Waals surface area contributed by atoms with Gasteiger partial charge in [0.1, 0.15) is 0 Å². The minimum Gasteiger partial charge on any atom is -0.346 e. The molecule has 0 radical (unpaired) electrons. The molecule has 1 fully saturated rings. The summed E-state index contributed by atoms with van der Waals surface area (Å²) < 4.78 is 13.6. The van der Waals surface area contributed by atoms with Crippen molar-refractivity contribution in [3.63, 3.8) is 0 Å². The second-order valence-electron chi connectivity index (χ2n) is 4.95. The van der Waals surface area contributed by atoms with Crippen LogP contribution >= 0.6 is 11.6 Å². The molecule has 0 aliphatic heterocycles. The van der Waals surface area contributed by atoms with Crippen LogP contribution in [0.4, 0.5) is 0 Å². The zero-order chi connectivity index (χ0) is 14.1. The van der Waals surface area contributed by atoms with E-state index >= 15 is 0 Å². The fraction of sp³-hybridized carbons (Fsp3) is 0.533. The molecule has 3 rings (SSSR count). The lowest BCUT2D eigenvalue weighted by Gasteiger charge is -2.18. The molecule has 20 heavy (non-hydrogen) atoms. The van der Waals surface area contributed by atoms with E-state index in [9.17, 15) is 0 Å². The molecule has 2 aromatic rings. The van der Waals surface area contributed by atoms with Crippen LogP contribution in [0.1, 0.15) is 44.8 Å². The number of fused-ring (bicyclic) bond motifs is 1. The number of aromatic nitrogens is 2. The van der Waals surface area contributed by atoms with E-state index in [0.29, 0.717) is 19.3 Å². The Morgan fingerprint density at radius 1 is 1.30 bits per heavy atom. The van der Waals surface area contributed by atoms with Gasteiger partial charge in [-0.2, -0.15) is 0 Å². The van der Waals surface area contributed by atoms with E-state index < -0.39 is 6.29 Å². The summed E-state index contributed by atoms with van der Waals surface area (Å²) in [5.41, 5.74) is 2.01. The van der Waals surface area contributed by atoms with Crippen molar-refractivity contribution in [3.05, 3.63) is 29.0 Å². The molecule has 0 spiro atoms. The Labute approximate surface area is 123 Å². The highest BCUT2D eigenvalue weighted by Gasteiger charge is 2.31. The average Bonchev–Trinajstić information content (AvgIpc) is 3.19. The Kier molecular flexibility index (Phi) is 3.96. The average molecular weight is 295 g/mol. The van der Waals surface area contributed by atoms with Gasteiger partial charge in [-0.15, -0.1) is 0 Å². The Morgan fingerprint density at radius 3 is 2.60 bits per heavy atom. The highest BCUT2D eigenvalue weighted by Crippen LogP contribution is 2.41. The van der Waals surface area contributed by atoms with Crippen molar-refractivity contribution in [1.29, 1.82) is 0 Å². The molecule has 1 heterocycles. The normalized spacial score (nSPS) is 15.4. The second kappa shape index (κ2) is 5.72. The van der Waals surface area contributed by atoms with Crippen LogP contribution in [0.25, 0.3) is 11.0 Å². The number of halogens is 1. The molecule has 0 saturated heterocycles. The smallest absolute Gasteiger partial charge is 0.217 e. The lowest BCUT2D eigenvalue weighted by atomic mass is 10.3. The van der Waals surface area contributed by atoms with Gasteiger partial charge in [0.25, 0.3) is 0 Å².